The smallest absolute Gasteiger partial charge is 0.131 e. The minimum Gasteiger partial charge on any atom is -0.375 e. The Hall–Kier alpha value is -1.49. The molecule has 1 atom stereocenters. The molecule has 4 rings (SSSR count). The summed E-state index contributed by atoms with van der Waals surface area (Å²) in [5.74, 6) is 0. The molecule has 0 aromatic carbocycles. The Balaban J connectivity index is 1.45. The lowest BCUT2D eigenvalue weighted by Gasteiger charge is -2.46. The van der Waals surface area contributed by atoms with Crippen LogP contribution < -0.4 is 5.32 Å². The largest absolute Gasteiger partial charge is 0.375 e. The number of aromatic nitrogens is 2. The summed E-state index contributed by atoms with van der Waals surface area (Å²) >= 11 is 6.04. The van der Waals surface area contributed by atoms with Crippen molar-refractivity contribution in [1.82, 2.24) is 15.3 Å². The molecule has 5 heteroatoms. The van der Waals surface area contributed by atoms with Gasteiger partial charge in [0.1, 0.15) is 5.15 Å². The van der Waals surface area contributed by atoms with Crippen molar-refractivity contribution in [2.45, 2.75) is 69.4 Å². The molecular weight excluding hydrogens is 370 g/mol. The molecule has 0 bridgehead atoms. The quantitative estimate of drug-likeness (QED) is 0.549. The zero-order valence-corrected chi connectivity index (χ0v) is 17.5. The van der Waals surface area contributed by atoms with Crippen LogP contribution in [0.3, 0.4) is 0 Å². The van der Waals surface area contributed by atoms with Gasteiger partial charge in [-0.3, -0.25) is 4.98 Å². The van der Waals surface area contributed by atoms with Crippen LogP contribution in [0.1, 0.15) is 61.8 Å². The number of nitrogens with zero attached hydrogens (tertiary/aromatic N) is 2. The molecule has 1 aliphatic carbocycles. The molecule has 4 nitrogen and oxygen atoms in total. The van der Waals surface area contributed by atoms with Gasteiger partial charge in [0.15, 0.2) is 0 Å². The van der Waals surface area contributed by atoms with Gasteiger partial charge in [0.25, 0.3) is 0 Å². The molecule has 3 heterocycles. The SMILES string of the molecule is Cc1cc(CNCCC2(c3ccccn3)CCOC3(CCCC3)C2)cnc1Cl. The number of ether oxygens (including phenoxy) is 1. The normalized spacial score (nSPS) is 23.9. The summed E-state index contributed by atoms with van der Waals surface area (Å²) in [5.41, 5.74) is 3.61. The van der Waals surface area contributed by atoms with Crippen molar-refractivity contribution in [3.63, 3.8) is 0 Å². The van der Waals surface area contributed by atoms with E-state index in [1.54, 1.807) is 0 Å². The standard InChI is InChI=1S/C23H30ClN3O/c1-18-14-19(16-27-21(18)24)15-25-12-9-22(20-6-2-5-11-26-20)10-13-28-23(17-22)7-3-4-8-23/h2,5-6,11,14,16,25H,3-4,7-10,12-13,15,17H2,1H3. The molecule has 1 aliphatic heterocycles. The lowest BCUT2D eigenvalue weighted by Crippen LogP contribution is -2.47. The molecule has 1 saturated heterocycles. The maximum atomic E-state index is 6.33. The van der Waals surface area contributed by atoms with Crippen LogP contribution >= 0.6 is 11.6 Å². The molecule has 2 fully saturated rings. The van der Waals surface area contributed by atoms with Gasteiger partial charge in [0.2, 0.25) is 0 Å². The molecule has 28 heavy (non-hydrogen) atoms. The highest BCUT2D eigenvalue weighted by Crippen LogP contribution is 2.49. The van der Waals surface area contributed by atoms with Crippen molar-refractivity contribution in [2.24, 2.45) is 0 Å². The summed E-state index contributed by atoms with van der Waals surface area (Å²) in [6.45, 7) is 4.61. The van der Waals surface area contributed by atoms with E-state index in [9.17, 15) is 0 Å². The first kappa shape index (κ1) is 19.8. The summed E-state index contributed by atoms with van der Waals surface area (Å²) in [4.78, 5) is 9.03. The highest BCUT2D eigenvalue weighted by molar-refractivity contribution is 6.30. The second kappa shape index (κ2) is 8.48. The first-order valence-electron chi connectivity index (χ1n) is 10.5. The van der Waals surface area contributed by atoms with Gasteiger partial charge in [0, 0.05) is 36.7 Å². The van der Waals surface area contributed by atoms with Crippen LogP contribution in [-0.4, -0.2) is 28.7 Å². The number of halogens is 1. The van der Waals surface area contributed by atoms with Crippen LogP contribution in [0.2, 0.25) is 5.15 Å². The summed E-state index contributed by atoms with van der Waals surface area (Å²) < 4.78 is 6.33. The molecule has 2 aromatic rings. The Kier molecular flexibility index (Phi) is 6.00. The fourth-order valence-electron chi connectivity index (χ4n) is 5.07. The topological polar surface area (TPSA) is 47.0 Å². The average Bonchev–Trinajstić information content (AvgIpc) is 3.16. The van der Waals surface area contributed by atoms with Crippen LogP contribution in [0.4, 0.5) is 0 Å². The summed E-state index contributed by atoms with van der Waals surface area (Å²) in [6.07, 6.45) is 12.0. The van der Waals surface area contributed by atoms with Crippen LogP contribution in [0.25, 0.3) is 0 Å². The fourth-order valence-corrected chi connectivity index (χ4v) is 5.17. The van der Waals surface area contributed by atoms with E-state index < -0.39 is 0 Å². The molecule has 0 radical (unpaired) electrons. The number of hydrogen-bond acceptors (Lipinski definition) is 4. The molecule has 0 amide bonds. The maximum Gasteiger partial charge on any atom is 0.131 e. The molecule has 1 spiro atoms. The van der Waals surface area contributed by atoms with E-state index in [-0.39, 0.29) is 11.0 Å². The van der Waals surface area contributed by atoms with Crippen LogP contribution in [0.5, 0.6) is 0 Å². The third-order valence-electron chi connectivity index (χ3n) is 6.55. The molecule has 2 aliphatic rings. The van der Waals surface area contributed by atoms with E-state index in [4.69, 9.17) is 21.3 Å². The average molecular weight is 400 g/mol. The maximum absolute atomic E-state index is 6.33. The third kappa shape index (κ3) is 4.24. The summed E-state index contributed by atoms with van der Waals surface area (Å²) in [6, 6.07) is 8.45. The van der Waals surface area contributed by atoms with Gasteiger partial charge >= 0.3 is 0 Å². The first-order chi connectivity index (χ1) is 13.6. The van der Waals surface area contributed by atoms with Crippen molar-refractivity contribution >= 4 is 11.6 Å². The van der Waals surface area contributed by atoms with Crippen LogP contribution in [-0.2, 0) is 16.7 Å². The molecule has 1 unspecified atom stereocenters. The van der Waals surface area contributed by atoms with Crippen molar-refractivity contribution < 1.29 is 4.74 Å². The van der Waals surface area contributed by atoms with E-state index in [1.165, 1.54) is 36.9 Å². The van der Waals surface area contributed by atoms with Gasteiger partial charge in [-0.05, 0) is 68.8 Å². The van der Waals surface area contributed by atoms with Gasteiger partial charge in [-0.15, -0.1) is 0 Å². The predicted octanol–water partition coefficient (Wildman–Crippen LogP) is 4.98. The van der Waals surface area contributed by atoms with Gasteiger partial charge in [0.05, 0.1) is 5.60 Å². The van der Waals surface area contributed by atoms with Gasteiger partial charge in [-0.25, -0.2) is 4.98 Å². The first-order valence-corrected chi connectivity index (χ1v) is 10.9. The van der Waals surface area contributed by atoms with E-state index in [0.717, 1.165) is 44.5 Å². The van der Waals surface area contributed by atoms with Gasteiger partial charge in [-0.2, -0.15) is 0 Å². The third-order valence-corrected chi connectivity index (χ3v) is 6.95. The zero-order valence-electron chi connectivity index (χ0n) is 16.7. The minimum absolute atomic E-state index is 0.0764. The number of pyridine rings is 2. The van der Waals surface area contributed by atoms with Gasteiger partial charge in [-0.1, -0.05) is 36.6 Å². The second-order valence-electron chi connectivity index (χ2n) is 8.54. The number of hydrogen-bond donors (Lipinski definition) is 1. The number of nitrogens with one attached hydrogen (secondary N) is 1. The fraction of sp³-hybridized carbons (Fsp3) is 0.565. The predicted molar refractivity (Wildman–Crippen MR) is 113 cm³/mol. The highest BCUT2D eigenvalue weighted by Gasteiger charge is 2.48. The van der Waals surface area contributed by atoms with Crippen molar-refractivity contribution in [3.8, 4) is 0 Å². The Morgan fingerprint density at radius 3 is 2.79 bits per heavy atom. The molecule has 1 N–H and O–H groups in total. The molecule has 150 valence electrons. The van der Waals surface area contributed by atoms with Gasteiger partial charge < -0.3 is 10.1 Å². The van der Waals surface area contributed by atoms with Crippen LogP contribution in [0, 0.1) is 6.92 Å². The Labute approximate surface area is 173 Å². The van der Waals surface area contributed by atoms with Crippen molar-refractivity contribution in [1.29, 1.82) is 0 Å². The highest BCUT2D eigenvalue weighted by atomic mass is 35.5. The van der Waals surface area contributed by atoms with E-state index in [1.807, 2.05) is 25.4 Å². The second-order valence-corrected chi connectivity index (χ2v) is 8.90. The number of aryl methyl sites for hydroxylation is 1. The Morgan fingerprint density at radius 1 is 1.18 bits per heavy atom. The number of rotatable bonds is 6. The summed E-state index contributed by atoms with van der Waals surface area (Å²) in [7, 11) is 0. The van der Waals surface area contributed by atoms with Crippen molar-refractivity contribution in [2.75, 3.05) is 13.2 Å². The summed E-state index contributed by atoms with van der Waals surface area (Å²) in [5, 5.41) is 4.20. The van der Waals surface area contributed by atoms with Crippen molar-refractivity contribution in [3.05, 3.63) is 58.6 Å². The molecule has 2 aromatic heterocycles. The minimum atomic E-state index is 0.0764. The van der Waals surface area contributed by atoms with Crippen LogP contribution in [0.15, 0.2) is 36.7 Å². The lowest BCUT2D eigenvalue weighted by molar-refractivity contribution is -0.104. The molecular formula is C23H30ClN3O. The van der Waals surface area contributed by atoms with E-state index >= 15 is 0 Å². The molecule has 1 saturated carbocycles. The van der Waals surface area contributed by atoms with E-state index in [0.29, 0.717) is 5.15 Å². The Bertz CT molecular complexity index is 792. The lowest BCUT2D eigenvalue weighted by atomic mass is 9.68. The Morgan fingerprint density at radius 2 is 2.04 bits per heavy atom. The monoisotopic (exact) mass is 399 g/mol. The zero-order chi connectivity index (χ0) is 19.5. The van der Waals surface area contributed by atoms with E-state index in [2.05, 4.69) is 28.5 Å².